The number of piperidine rings is 1. The van der Waals surface area contributed by atoms with Crippen LogP contribution in [0.5, 0.6) is 0 Å². The summed E-state index contributed by atoms with van der Waals surface area (Å²) in [6.07, 6.45) is 4.39. The molecule has 5 heteroatoms. The van der Waals surface area contributed by atoms with Crippen LogP contribution in [0.2, 0.25) is 0 Å². The average molecular weight is 363 g/mol. The van der Waals surface area contributed by atoms with Crippen molar-refractivity contribution in [2.24, 2.45) is 0 Å². The molecule has 0 amide bonds. The molecule has 17 heavy (non-hydrogen) atoms. The van der Waals surface area contributed by atoms with Crippen LogP contribution in [-0.4, -0.2) is 36.1 Å². The predicted octanol–water partition coefficient (Wildman–Crippen LogP) is 2.79. The van der Waals surface area contributed by atoms with Crippen LogP contribution in [0.15, 0.2) is 21.2 Å². The molecule has 1 saturated heterocycles. The molecule has 94 valence electrons. The van der Waals surface area contributed by atoms with E-state index in [4.69, 9.17) is 0 Å². The number of nitrogens with one attached hydrogen (secondary N) is 1. The minimum atomic E-state index is 0.589. The van der Waals surface area contributed by atoms with Gasteiger partial charge < -0.3 is 10.2 Å². The SMILES string of the molecule is CN1CCCC(NCc2ncc(Br)cc2Br)C1. The van der Waals surface area contributed by atoms with Gasteiger partial charge in [-0.05, 0) is 64.4 Å². The number of hydrogen-bond donors (Lipinski definition) is 1. The van der Waals surface area contributed by atoms with Crippen LogP contribution in [0.25, 0.3) is 0 Å². The molecule has 1 aromatic rings. The van der Waals surface area contributed by atoms with Crippen molar-refractivity contribution in [1.82, 2.24) is 15.2 Å². The Labute approximate surface area is 119 Å². The molecule has 1 N–H and O–H groups in total. The molecule has 2 rings (SSSR count). The van der Waals surface area contributed by atoms with Crippen LogP contribution >= 0.6 is 31.9 Å². The normalized spacial score (nSPS) is 21.7. The predicted molar refractivity (Wildman–Crippen MR) is 77.0 cm³/mol. The first-order chi connectivity index (χ1) is 8.15. The van der Waals surface area contributed by atoms with E-state index in [9.17, 15) is 0 Å². The van der Waals surface area contributed by atoms with Gasteiger partial charge >= 0.3 is 0 Å². The number of likely N-dealkylation sites (N-methyl/N-ethyl adjacent to an activating group) is 1. The van der Waals surface area contributed by atoms with Gasteiger partial charge in [-0.25, -0.2) is 0 Å². The Hall–Kier alpha value is 0.0300. The third-order valence-electron chi connectivity index (χ3n) is 3.07. The van der Waals surface area contributed by atoms with Crippen molar-refractivity contribution < 1.29 is 0 Å². The molecule has 1 fully saturated rings. The summed E-state index contributed by atoms with van der Waals surface area (Å²) in [4.78, 5) is 6.79. The van der Waals surface area contributed by atoms with E-state index in [1.54, 1.807) is 0 Å². The third kappa shape index (κ3) is 4.02. The fourth-order valence-electron chi connectivity index (χ4n) is 2.15. The monoisotopic (exact) mass is 361 g/mol. The maximum atomic E-state index is 4.41. The van der Waals surface area contributed by atoms with Crippen LogP contribution in [0, 0.1) is 0 Å². The van der Waals surface area contributed by atoms with Crippen molar-refractivity contribution in [1.29, 1.82) is 0 Å². The summed E-state index contributed by atoms with van der Waals surface area (Å²) in [5.41, 5.74) is 1.07. The molecule has 0 bridgehead atoms. The number of halogens is 2. The highest BCUT2D eigenvalue weighted by molar-refractivity contribution is 9.11. The van der Waals surface area contributed by atoms with E-state index in [1.165, 1.54) is 19.4 Å². The summed E-state index contributed by atoms with van der Waals surface area (Å²) in [7, 11) is 2.18. The molecule has 3 nitrogen and oxygen atoms in total. The van der Waals surface area contributed by atoms with Gasteiger partial charge in [0.2, 0.25) is 0 Å². The van der Waals surface area contributed by atoms with Gasteiger partial charge in [0.25, 0.3) is 0 Å². The second-order valence-corrected chi connectivity index (χ2v) is 6.33. The minimum Gasteiger partial charge on any atom is -0.307 e. The first-order valence-corrected chi connectivity index (χ1v) is 7.45. The summed E-state index contributed by atoms with van der Waals surface area (Å²) in [5, 5.41) is 3.58. The molecule has 0 radical (unpaired) electrons. The van der Waals surface area contributed by atoms with Crippen molar-refractivity contribution in [2.75, 3.05) is 20.1 Å². The second-order valence-electron chi connectivity index (χ2n) is 4.56. The first-order valence-electron chi connectivity index (χ1n) is 5.87. The number of aromatic nitrogens is 1. The largest absolute Gasteiger partial charge is 0.307 e. The summed E-state index contributed by atoms with van der Waals surface area (Å²) < 4.78 is 2.06. The quantitative estimate of drug-likeness (QED) is 0.896. The van der Waals surface area contributed by atoms with Crippen LogP contribution in [0.4, 0.5) is 0 Å². The highest BCUT2D eigenvalue weighted by Gasteiger charge is 2.16. The van der Waals surface area contributed by atoms with Crippen molar-refractivity contribution in [3.8, 4) is 0 Å². The van der Waals surface area contributed by atoms with E-state index in [0.717, 1.165) is 27.7 Å². The van der Waals surface area contributed by atoms with E-state index in [-0.39, 0.29) is 0 Å². The minimum absolute atomic E-state index is 0.589. The van der Waals surface area contributed by atoms with Crippen molar-refractivity contribution >= 4 is 31.9 Å². The molecule has 0 aromatic carbocycles. The Morgan fingerprint density at radius 1 is 1.53 bits per heavy atom. The Balaban J connectivity index is 1.88. The van der Waals surface area contributed by atoms with Gasteiger partial charge in [0, 0.05) is 34.3 Å². The Kier molecular flexibility index (Phi) is 4.97. The number of rotatable bonds is 3. The fraction of sp³-hybridized carbons (Fsp3) is 0.583. The molecule has 1 atom stereocenters. The summed E-state index contributed by atoms with van der Waals surface area (Å²) >= 11 is 6.95. The lowest BCUT2D eigenvalue weighted by Gasteiger charge is -2.30. The summed E-state index contributed by atoms with van der Waals surface area (Å²) in [6, 6.07) is 2.63. The van der Waals surface area contributed by atoms with Gasteiger partial charge in [-0.15, -0.1) is 0 Å². The molecule has 0 aliphatic carbocycles. The zero-order valence-corrected chi connectivity index (χ0v) is 13.1. The Morgan fingerprint density at radius 3 is 3.06 bits per heavy atom. The van der Waals surface area contributed by atoms with Crippen LogP contribution in [-0.2, 0) is 6.54 Å². The highest BCUT2D eigenvalue weighted by atomic mass is 79.9. The fourth-order valence-corrected chi connectivity index (χ4v) is 3.27. The molecule has 1 aromatic heterocycles. The van der Waals surface area contributed by atoms with Crippen LogP contribution < -0.4 is 5.32 Å². The van der Waals surface area contributed by atoms with E-state index in [2.05, 4.69) is 54.1 Å². The van der Waals surface area contributed by atoms with Gasteiger partial charge in [-0.2, -0.15) is 0 Å². The van der Waals surface area contributed by atoms with Crippen LogP contribution in [0.1, 0.15) is 18.5 Å². The van der Waals surface area contributed by atoms with Gasteiger partial charge in [0.05, 0.1) is 5.69 Å². The van der Waals surface area contributed by atoms with E-state index < -0.39 is 0 Å². The number of pyridine rings is 1. The Bertz CT molecular complexity index is 384. The van der Waals surface area contributed by atoms with Crippen molar-refractivity contribution in [3.05, 3.63) is 26.9 Å². The van der Waals surface area contributed by atoms with Gasteiger partial charge in [0.15, 0.2) is 0 Å². The first kappa shape index (κ1) is 13.5. The lowest BCUT2D eigenvalue weighted by molar-refractivity contribution is 0.226. The number of likely N-dealkylation sites (tertiary alicyclic amines) is 1. The average Bonchev–Trinajstić information content (AvgIpc) is 2.28. The van der Waals surface area contributed by atoms with Gasteiger partial charge in [-0.1, -0.05) is 0 Å². The van der Waals surface area contributed by atoms with Gasteiger partial charge in [-0.3, -0.25) is 4.98 Å². The molecule has 1 unspecified atom stereocenters. The molecular formula is C12H17Br2N3. The van der Waals surface area contributed by atoms with E-state index >= 15 is 0 Å². The molecule has 1 aliphatic rings. The zero-order chi connectivity index (χ0) is 12.3. The zero-order valence-electron chi connectivity index (χ0n) is 9.92. The topological polar surface area (TPSA) is 28.2 Å². The molecule has 2 heterocycles. The second kappa shape index (κ2) is 6.27. The number of hydrogen-bond acceptors (Lipinski definition) is 3. The lowest BCUT2D eigenvalue weighted by Crippen LogP contribution is -2.43. The van der Waals surface area contributed by atoms with Crippen molar-refractivity contribution in [3.63, 3.8) is 0 Å². The Morgan fingerprint density at radius 2 is 2.35 bits per heavy atom. The van der Waals surface area contributed by atoms with Gasteiger partial charge in [0.1, 0.15) is 0 Å². The third-order valence-corrected chi connectivity index (χ3v) is 4.19. The maximum absolute atomic E-state index is 4.41. The summed E-state index contributed by atoms with van der Waals surface area (Å²) in [5.74, 6) is 0. The molecule has 0 saturated carbocycles. The summed E-state index contributed by atoms with van der Waals surface area (Å²) in [6.45, 7) is 3.18. The number of nitrogens with zero attached hydrogens (tertiary/aromatic N) is 2. The highest BCUT2D eigenvalue weighted by Crippen LogP contribution is 2.19. The maximum Gasteiger partial charge on any atom is 0.0684 e. The molecule has 1 aliphatic heterocycles. The van der Waals surface area contributed by atoms with Crippen LogP contribution in [0.3, 0.4) is 0 Å². The van der Waals surface area contributed by atoms with Crippen molar-refractivity contribution in [2.45, 2.75) is 25.4 Å². The molecule has 0 spiro atoms. The molecular weight excluding hydrogens is 346 g/mol. The van der Waals surface area contributed by atoms with E-state index in [1.807, 2.05) is 12.3 Å². The van der Waals surface area contributed by atoms with E-state index in [0.29, 0.717) is 6.04 Å². The smallest absolute Gasteiger partial charge is 0.0684 e. The lowest BCUT2D eigenvalue weighted by atomic mass is 10.1. The standard InChI is InChI=1S/C12H17Br2N3/c1-17-4-2-3-10(8-17)15-7-12-11(14)5-9(13)6-16-12/h5-6,10,15H,2-4,7-8H2,1H3.